The Kier molecular flexibility index (Phi) is 4.79. The minimum atomic E-state index is -0.0586. The van der Waals surface area contributed by atoms with E-state index < -0.39 is 0 Å². The maximum atomic E-state index is 12.1. The topological polar surface area (TPSA) is 55.3 Å². The van der Waals surface area contributed by atoms with Crippen LogP contribution in [0.25, 0.3) is 0 Å². The zero-order valence-corrected chi connectivity index (χ0v) is 12.0. The van der Waals surface area contributed by atoms with Crippen molar-refractivity contribution in [2.45, 2.75) is 19.6 Å². The Morgan fingerprint density at radius 3 is 3.22 bits per heavy atom. The van der Waals surface area contributed by atoms with Crippen LogP contribution in [0.1, 0.15) is 17.4 Å². The molecule has 1 unspecified atom stereocenters. The number of hydrogen-bond donors (Lipinski definition) is 2. The molecule has 0 spiro atoms. The van der Waals surface area contributed by atoms with Crippen molar-refractivity contribution in [3.8, 4) is 0 Å². The van der Waals surface area contributed by atoms with Gasteiger partial charge in [-0.25, -0.2) is 0 Å². The van der Waals surface area contributed by atoms with Crippen LogP contribution in [0.4, 0.5) is 0 Å². The van der Waals surface area contributed by atoms with Gasteiger partial charge in [0.05, 0.1) is 12.7 Å². The van der Waals surface area contributed by atoms with Gasteiger partial charge < -0.3 is 19.9 Å². The molecule has 1 fully saturated rings. The van der Waals surface area contributed by atoms with Gasteiger partial charge in [-0.2, -0.15) is 0 Å². The second kappa shape index (κ2) is 6.36. The van der Waals surface area contributed by atoms with E-state index in [9.17, 15) is 4.79 Å². The average Bonchev–Trinajstić information content (AvgIpc) is 2.78. The molecular formula is C12H18BrN3O2. The maximum absolute atomic E-state index is 12.1. The summed E-state index contributed by atoms with van der Waals surface area (Å²) in [5.41, 5.74) is 0.674. The third-order valence-corrected chi connectivity index (χ3v) is 3.36. The fourth-order valence-corrected chi connectivity index (χ4v) is 2.44. The minimum absolute atomic E-state index is 0.0586. The van der Waals surface area contributed by atoms with Crippen LogP contribution < -0.4 is 10.6 Å². The number of aryl methyl sites for hydroxylation is 1. The van der Waals surface area contributed by atoms with Crippen LogP contribution in [-0.2, 0) is 11.3 Å². The van der Waals surface area contributed by atoms with Crippen molar-refractivity contribution in [3.63, 3.8) is 0 Å². The molecule has 18 heavy (non-hydrogen) atoms. The van der Waals surface area contributed by atoms with Gasteiger partial charge in [0.15, 0.2) is 0 Å². The number of morpholine rings is 1. The quantitative estimate of drug-likeness (QED) is 0.871. The van der Waals surface area contributed by atoms with Gasteiger partial charge in [-0.05, 0) is 28.9 Å². The number of carbonyl (C=O) groups is 1. The molecule has 5 nitrogen and oxygen atoms in total. The fourth-order valence-electron chi connectivity index (χ4n) is 1.97. The smallest absolute Gasteiger partial charge is 0.268 e. The van der Waals surface area contributed by atoms with Crippen molar-refractivity contribution >= 4 is 21.8 Å². The van der Waals surface area contributed by atoms with Crippen molar-refractivity contribution in [2.24, 2.45) is 0 Å². The van der Waals surface area contributed by atoms with Crippen molar-refractivity contribution in [1.82, 2.24) is 15.2 Å². The van der Waals surface area contributed by atoms with E-state index in [2.05, 4.69) is 26.6 Å². The van der Waals surface area contributed by atoms with Crippen LogP contribution in [-0.4, -0.2) is 42.8 Å². The first-order valence-electron chi connectivity index (χ1n) is 6.17. The number of ether oxygens (including phenoxy) is 1. The molecule has 0 saturated carbocycles. The first-order chi connectivity index (χ1) is 8.70. The van der Waals surface area contributed by atoms with Crippen molar-refractivity contribution in [1.29, 1.82) is 0 Å². The number of aromatic nitrogens is 1. The summed E-state index contributed by atoms with van der Waals surface area (Å²) >= 11 is 3.38. The van der Waals surface area contributed by atoms with Gasteiger partial charge in [-0.15, -0.1) is 0 Å². The van der Waals surface area contributed by atoms with Gasteiger partial charge in [-0.3, -0.25) is 4.79 Å². The van der Waals surface area contributed by atoms with E-state index >= 15 is 0 Å². The summed E-state index contributed by atoms with van der Waals surface area (Å²) in [4.78, 5) is 12.1. The Hall–Kier alpha value is -0.850. The standard InChI is InChI=1S/C12H18BrN3O2/c1-2-16-8-9(13)5-11(16)12(17)15-7-10-6-14-3-4-18-10/h5,8,10,14H,2-4,6-7H2,1H3,(H,15,17). The van der Waals surface area contributed by atoms with E-state index in [0.29, 0.717) is 18.8 Å². The van der Waals surface area contributed by atoms with Gasteiger partial charge in [0.25, 0.3) is 5.91 Å². The van der Waals surface area contributed by atoms with Gasteiger partial charge in [-0.1, -0.05) is 0 Å². The molecule has 2 heterocycles. The molecule has 0 radical (unpaired) electrons. The molecule has 1 atom stereocenters. The Morgan fingerprint density at radius 1 is 1.72 bits per heavy atom. The molecule has 1 amide bonds. The lowest BCUT2D eigenvalue weighted by Gasteiger charge is -2.23. The largest absolute Gasteiger partial charge is 0.374 e. The van der Waals surface area contributed by atoms with E-state index in [-0.39, 0.29) is 12.0 Å². The number of hydrogen-bond acceptors (Lipinski definition) is 3. The third-order valence-electron chi connectivity index (χ3n) is 2.93. The summed E-state index contributed by atoms with van der Waals surface area (Å²) in [6.45, 7) is 5.71. The zero-order chi connectivity index (χ0) is 13.0. The number of amides is 1. The molecule has 0 aromatic carbocycles. The number of carbonyl (C=O) groups excluding carboxylic acids is 1. The zero-order valence-electron chi connectivity index (χ0n) is 10.4. The normalized spacial score (nSPS) is 19.8. The lowest BCUT2D eigenvalue weighted by atomic mass is 10.3. The summed E-state index contributed by atoms with van der Waals surface area (Å²) in [7, 11) is 0. The number of halogens is 1. The summed E-state index contributed by atoms with van der Waals surface area (Å²) in [5.74, 6) is -0.0586. The lowest BCUT2D eigenvalue weighted by Crippen LogP contribution is -2.45. The molecule has 6 heteroatoms. The number of nitrogens with one attached hydrogen (secondary N) is 2. The van der Waals surface area contributed by atoms with Gasteiger partial charge in [0.2, 0.25) is 0 Å². The molecule has 1 aliphatic heterocycles. The molecule has 1 aromatic heterocycles. The highest BCUT2D eigenvalue weighted by atomic mass is 79.9. The van der Waals surface area contributed by atoms with Crippen LogP contribution in [0.15, 0.2) is 16.7 Å². The molecule has 1 aromatic rings. The van der Waals surface area contributed by atoms with E-state index in [4.69, 9.17) is 4.74 Å². The van der Waals surface area contributed by atoms with Crippen LogP contribution in [0.5, 0.6) is 0 Å². The molecule has 1 saturated heterocycles. The van der Waals surface area contributed by atoms with E-state index in [1.54, 1.807) is 0 Å². The highest BCUT2D eigenvalue weighted by Gasteiger charge is 2.16. The van der Waals surface area contributed by atoms with E-state index in [1.165, 1.54) is 0 Å². The molecular weight excluding hydrogens is 298 g/mol. The van der Waals surface area contributed by atoms with Crippen LogP contribution in [0, 0.1) is 0 Å². The SMILES string of the molecule is CCn1cc(Br)cc1C(=O)NCC1CNCCO1. The monoisotopic (exact) mass is 315 g/mol. The van der Waals surface area contributed by atoms with Crippen LogP contribution >= 0.6 is 15.9 Å². The summed E-state index contributed by atoms with van der Waals surface area (Å²) < 4.78 is 8.37. The van der Waals surface area contributed by atoms with Gasteiger partial charge in [0, 0.05) is 36.8 Å². The minimum Gasteiger partial charge on any atom is -0.374 e. The predicted molar refractivity (Wildman–Crippen MR) is 72.7 cm³/mol. The second-order valence-corrected chi connectivity index (χ2v) is 5.15. The Labute approximate surface area is 115 Å². The van der Waals surface area contributed by atoms with Crippen LogP contribution in [0.2, 0.25) is 0 Å². The summed E-state index contributed by atoms with van der Waals surface area (Å²) in [5, 5.41) is 6.15. The Morgan fingerprint density at radius 2 is 2.56 bits per heavy atom. The third kappa shape index (κ3) is 3.34. The average molecular weight is 316 g/mol. The van der Waals surface area contributed by atoms with Crippen molar-refractivity contribution in [3.05, 3.63) is 22.4 Å². The summed E-state index contributed by atoms with van der Waals surface area (Å²) in [6, 6.07) is 1.83. The Balaban J connectivity index is 1.90. The molecule has 1 aliphatic rings. The highest BCUT2D eigenvalue weighted by molar-refractivity contribution is 9.10. The summed E-state index contributed by atoms with van der Waals surface area (Å²) in [6.07, 6.45) is 1.98. The second-order valence-electron chi connectivity index (χ2n) is 4.24. The molecule has 2 rings (SSSR count). The highest BCUT2D eigenvalue weighted by Crippen LogP contribution is 2.14. The Bertz CT molecular complexity index is 413. The van der Waals surface area contributed by atoms with Crippen molar-refractivity contribution < 1.29 is 9.53 Å². The molecule has 2 N–H and O–H groups in total. The van der Waals surface area contributed by atoms with Gasteiger partial charge >= 0.3 is 0 Å². The van der Waals surface area contributed by atoms with Crippen molar-refractivity contribution in [2.75, 3.05) is 26.2 Å². The molecule has 0 aliphatic carbocycles. The fraction of sp³-hybridized carbons (Fsp3) is 0.583. The van der Waals surface area contributed by atoms with E-state index in [0.717, 1.165) is 24.1 Å². The number of rotatable bonds is 4. The maximum Gasteiger partial charge on any atom is 0.268 e. The van der Waals surface area contributed by atoms with Crippen LogP contribution in [0.3, 0.4) is 0 Å². The number of nitrogens with zero attached hydrogens (tertiary/aromatic N) is 1. The molecule has 0 bridgehead atoms. The van der Waals surface area contributed by atoms with Gasteiger partial charge in [0.1, 0.15) is 5.69 Å². The van der Waals surface area contributed by atoms with E-state index in [1.807, 2.05) is 23.8 Å². The predicted octanol–water partition coefficient (Wildman–Crippen LogP) is 0.989. The first kappa shape index (κ1) is 13.6. The molecule has 100 valence electrons. The lowest BCUT2D eigenvalue weighted by molar-refractivity contribution is 0.0286. The first-order valence-corrected chi connectivity index (χ1v) is 6.96.